The molecule has 0 aliphatic heterocycles. The van der Waals surface area contributed by atoms with Gasteiger partial charge < -0.3 is 19.7 Å². The van der Waals surface area contributed by atoms with Crippen LogP contribution >= 0.6 is 20.2 Å². The Bertz CT molecular complexity index is 538. The average molecular weight is 551 g/mol. The zero-order chi connectivity index (χ0) is 27.1. The van der Waals surface area contributed by atoms with Gasteiger partial charge in [0.25, 0.3) is 5.34 Å². The summed E-state index contributed by atoms with van der Waals surface area (Å²) >= 11 is 1.87. The van der Waals surface area contributed by atoms with Gasteiger partial charge in [0.1, 0.15) is 0 Å². The van der Waals surface area contributed by atoms with Gasteiger partial charge in [-0.15, -0.1) is 0 Å². The van der Waals surface area contributed by atoms with Gasteiger partial charge >= 0.3 is 5.97 Å². The second-order valence-corrected chi connectivity index (χ2v) is 12.2. The van der Waals surface area contributed by atoms with Crippen molar-refractivity contribution in [3.63, 3.8) is 0 Å². The van der Waals surface area contributed by atoms with E-state index in [1.807, 2.05) is 25.6 Å². The Kier molecular flexibility index (Phi) is 23.8. The van der Waals surface area contributed by atoms with Crippen LogP contribution < -0.4 is 0 Å². The number of hydrogen-bond acceptors (Lipinski definition) is 6. The molecule has 0 rings (SSSR count). The number of ether oxygens (including phenoxy) is 2. The number of carboxylic acids is 1. The second kappa shape index (κ2) is 23.9. The first-order chi connectivity index (χ1) is 17.4. The lowest BCUT2D eigenvalue weighted by molar-refractivity contribution is -0.230. The Morgan fingerprint density at radius 3 is 1.81 bits per heavy atom. The quantitative estimate of drug-likeness (QED) is 0.0601. The maximum Gasteiger partial charge on any atom is 0.353 e. The van der Waals surface area contributed by atoms with E-state index in [0.29, 0.717) is 6.42 Å². The Hall–Kier alpha value is -0.200. The molecule has 0 saturated heterocycles. The van der Waals surface area contributed by atoms with Gasteiger partial charge in [-0.1, -0.05) is 111 Å². The monoisotopic (exact) mass is 550 g/mol. The summed E-state index contributed by atoms with van der Waals surface area (Å²) in [6.45, 7) is 8.47. The summed E-state index contributed by atoms with van der Waals surface area (Å²) in [4.78, 5) is 11.6. The molecule has 36 heavy (non-hydrogen) atoms. The van der Waals surface area contributed by atoms with Crippen molar-refractivity contribution in [3.05, 3.63) is 0 Å². The first-order valence-electron chi connectivity index (χ1n) is 14.6. The van der Waals surface area contributed by atoms with E-state index in [1.165, 1.54) is 83.5 Å². The van der Waals surface area contributed by atoms with Crippen LogP contribution in [0.2, 0.25) is 0 Å². The number of aliphatic hydroxyl groups is 1. The molecule has 0 amide bonds. The Labute approximate surface area is 227 Å². The minimum Gasteiger partial charge on any atom is -0.478 e. The number of carboxylic acid groups (broad SMARTS) is 1. The summed E-state index contributed by atoms with van der Waals surface area (Å²) in [5, 5.41) is 17.5. The highest BCUT2D eigenvalue weighted by atomic mass is 32.2. The molecule has 0 saturated carbocycles. The van der Waals surface area contributed by atoms with Gasteiger partial charge in [-0.2, -0.15) is 11.8 Å². The van der Waals surface area contributed by atoms with Crippen molar-refractivity contribution in [3.8, 4) is 0 Å². The number of thioether (sulfide) groups is 1. The van der Waals surface area contributed by atoms with Crippen LogP contribution in [0.3, 0.4) is 0 Å². The molecule has 0 bridgehead atoms. The largest absolute Gasteiger partial charge is 0.478 e. The molecule has 2 N–H and O–H groups in total. The molecule has 214 valence electrons. The maximum absolute atomic E-state index is 11.6. The number of carbonyl (C=O) groups is 1. The number of rotatable bonds is 27. The van der Waals surface area contributed by atoms with Crippen LogP contribution in [0, 0.1) is 0 Å². The molecule has 0 aliphatic carbocycles. The predicted octanol–water partition coefficient (Wildman–Crippen LogP) is 8.59. The lowest BCUT2D eigenvalue weighted by Crippen LogP contribution is -2.50. The molecule has 6 nitrogen and oxygen atoms in total. The van der Waals surface area contributed by atoms with Gasteiger partial charge in [0.15, 0.2) is 0 Å². The van der Waals surface area contributed by atoms with Crippen molar-refractivity contribution in [1.82, 2.24) is 0 Å². The molecule has 0 fully saturated rings. The summed E-state index contributed by atoms with van der Waals surface area (Å²) in [5.41, 5.74) is 0. The van der Waals surface area contributed by atoms with E-state index >= 15 is 0 Å². The topological polar surface area (TPSA) is 93.1 Å². The van der Waals surface area contributed by atoms with Crippen molar-refractivity contribution < 1.29 is 29.0 Å². The van der Waals surface area contributed by atoms with E-state index in [9.17, 15) is 19.6 Å². The van der Waals surface area contributed by atoms with Gasteiger partial charge in [-0.05, 0) is 31.9 Å². The van der Waals surface area contributed by atoms with Crippen LogP contribution in [-0.2, 0) is 18.8 Å². The molecule has 0 aromatic heterocycles. The Morgan fingerprint density at radius 1 is 0.833 bits per heavy atom. The first kappa shape index (κ1) is 35.8. The van der Waals surface area contributed by atoms with Crippen LogP contribution in [-0.4, -0.2) is 51.5 Å². The number of hydrogen-bond donors (Lipinski definition) is 2. The second-order valence-electron chi connectivity index (χ2n) is 9.96. The average Bonchev–Trinajstić information content (AvgIpc) is 2.87. The summed E-state index contributed by atoms with van der Waals surface area (Å²) < 4.78 is 23.1. The molecule has 0 aromatic rings. The first-order valence-corrected chi connectivity index (χ1v) is 16.4. The normalized spacial score (nSPS) is 16.0. The molecule has 4 unspecified atom stereocenters. The summed E-state index contributed by atoms with van der Waals surface area (Å²) in [7, 11) is -0.939. The van der Waals surface area contributed by atoms with E-state index in [0.717, 1.165) is 25.0 Å². The lowest BCUT2D eigenvalue weighted by atomic mass is 10.1. The molecule has 0 spiro atoms. The van der Waals surface area contributed by atoms with Crippen molar-refractivity contribution in [1.29, 1.82) is 0 Å². The van der Waals surface area contributed by atoms with E-state index in [4.69, 9.17) is 9.47 Å². The predicted molar refractivity (Wildman–Crippen MR) is 152 cm³/mol. The highest BCUT2D eigenvalue weighted by molar-refractivity contribution is 7.99. The van der Waals surface area contributed by atoms with Crippen molar-refractivity contribution in [2.24, 2.45) is 0 Å². The SMILES string of the molecule is CCCCCCCCCCCCSC(CCCCCCC)C(C)OC(OCCC)C(O)(P=O)C(=O)O. The standard InChI is InChI=1S/C28H55O6PS/c1-5-8-10-12-13-14-15-16-18-20-23-36-25(21-19-17-11-9-6-2)24(4)34-27(33-22-7-3)28(31,35-32)26(29)30/h24-25,27,31H,5-23H2,1-4H3,(H,29,30). The van der Waals surface area contributed by atoms with Crippen LogP contribution in [0.15, 0.2) is 0 Å². The Balaban J connectivity index is 4.75. The smallest absolute Gasteiger partial charge is 0.353 e. The lowest BCUT2D eigenvalue weighted by Gasteiger charge is -2.32. The molecule has 0 aromatic carbocycles. The van der Waals surface area contributed by atoms with Crippen molar-refractivity contribution in [2.75, 3.05) is 12.4 Å². The van der Waals surface area contributed by atoms with Gasteiger partial charge in [0.2, 0.25) is 14.8 Å². The maximum atomic E-state index is 11.6. The van der Waals surface area contributed by atoms with E-state index < -0.39 is 26.1 Å². The minimum absolute atomic E-state index is 0.166. The molecule has 0 radical (unpaired) electrons. The van der Waals surface area contributed by atoms with Gasteiger partial charge in [0.05, 0.1) is 6.10 Å². The zero-order valence-electron chi connectivity index (χ0n) is 23.5. The van der Waals surface area contributed by atoms with E-state index in [1.54, 1.807) is 0 Å². The third-order valence-electron chi connectivity index (χ3n) is 6.54. The fourth-order valence-electron chi connectivity index (χ4n) is 4.17. The van der Waals surface area contributed by atoms with E-state index in [2.05, 4.69) is 13.8 Å². The fraction of sp³-hybridized carbons (Fsp3) is 0.964. The molecule has 0 aliphatic rings. The summed E-state index contributed by atoms with van der Waals surface area (Å²) in [6.07, 6.45) is 18.8. The Morgan fingerprint density at radius 2 is 1.33 bits per heavy atom. The van der Waals surface area contributed by atoms with Crippen molar-refractivity contribution >= 4 is 26.2 Å². The molecular weight excluding hydrogens is 495 g/mol. The summed E-state index contributed by atoms with van der Waals surface area (Å²) in [6, 6.07) is 0. The minimum atomic E-state index is -2.61. The van der Waals surface area contributed by atoms with Crippen LogP contribution in [0.1, 0.15) is 137 Å². The van der Waals surface area contributed by atoms with Crippen LogP contribution in [0.4, 0.5) is 0 Å². The van der Waals surface area contributed by atoms with Gasteiger partial charge in [0, 0.05) is 11.9 Å². The number of aliphatic carboxylic acids is 1. The highest BCUT2D eigenvalue weighted by Crippen LogP contribution is 2.32. The van der Waals surface area contributed by atoms with Crippen LogP contribution in [0.25, 0.3) is 0 Å². The molecule has 4 atom stereocenters. The van der Waals surface area contributed by atoms with Crippen LogP contribution in [0.5, 0.6) is 0 Å². The molecule has 0 heterocycles. The third-order valence-corrected chi connectivity index (χ3v) is 8.79. The number of unbranched alkanes of at least 4 members (excludes halogenated alkanes) is 13. The molecular formula is C28H55O6PS. The fourth-order valence-corrected chi connectivity index (χ4v) is 5.81. The summed E-state index contributed by atoms with van der Waals surface area (Å²) in [5.74, 6) is -0.575. The van der Waals surface area contributed by atoms with Crippen molar-refractivity contribution in [2.45, 2.75) is 160 Å². The highest BCUT2D eigenvalue weighted by Gasteiger charge is 2.49. The zero-order valence-corrected chi connectivity index (χ0v) is 25.3. The van der Waals surface area contributed by atoms with Gasteiger partial charge in [-0.25, -0.2) is 4.79 Å². The third kappa shape index (κ3) is 16.6. The van der Waals surface area contributed by atoms with E-state index in [-0.39, 0.29) is 18.0 Å². The van der Waals surface area contributed by atoms with Gasteiger partial charge in [-0.3, -0.25) is 4.57 Å². The molecule has 8 heteroatoms.